The first kappa shape index (κ1) is 16.1. The van der Waals surface area contributed by atoms with Gasteiger partial charge in [0.2, 0.25) is 0 Å². The van der Waals surface area contributed by atoms with Crippen LogP contribution >= 0.6 is 24.0 Å². The van der Waals surface area contributed by atoms with Gasteiger partial charge in [-0.25, -0.2) is 0 Å². The predicted molar refractivity (Wildman–Crippen MR) is 89.2 cm³/mol. The molecular formula is C14H22IN3O. The molecule has 4 nitrogen and oxygen atoms in total. The topological polar surface area (TPSA) is 59.6 Å². The SMILES string of the molecule is CCN=C(N)NC1CC(C)(C)Oc2ccccc21.I. The zero-order valence-electron chi connectivity index (χ0n) is 11.6. The van der Waals surface area contributed by atoms with Crippen molar-refractivity contribution in [2.24, 2.45) is 10.7 Å². The minimum absolute atomic E-state index is 0. The third kappa shape index (κ3) is 3.99. The Labute approximate surface area is 131 Å². The molecule has 1 aliphatic rings. The lowest BCUT2D eigenvalue weighted by atomic mass is 9.90. The predicted octanol–water partition coefficient (Wildman–Crippen LogP) is 2.83. The molecule has 2 rings (SSSR count). The Bertz CT molecular complexity index is 460. The number of benzene rings is 1. The van der Waals surface area contributed by atoms with Crippen LogP contribution in [0.1, 0.15) is 38.8 Å². The van der Waals surface area contributed by atoms with Gasteiger partial charge in [-0.2, -0.15) is 0 Å². The number of hydrogen-bond acceptors (Lipinski definition) is 2. The molecule has 106 valence electrons. The Morgan fingerprint density at radius 2 is 2.16 bits per heavy atom. The number of ether oxygens (including phenoxy) is 1. The summed E-state index contributed by atoms with van der Waals surface area (Å²) in [4.78, 5) is 4.18. The molecule has 0 bridgehead atoms. The summed E-state index contributed by atoms with van der Waals surface area (Å²) >= 11 is 0. The Hall–Kier alpha value is -0.980. The van der Waals surface area contributed by atoms with Crippen molar-refractivity contribution in [1.29, 1.82) is 0 Å². The van der Waals surface area contributed by atoms with Crippen molar-refractivity contribution < 1.29 is 4.74 Å². The van der Waals surface area contributed by atoms with E-state index < -0.39 is 0 Å². The molecule has 5 heteroatoms. The van der Waals surface area contributed by atoms with E-state index in [2.05, 4.69) is 30.2 Å². The first-order valence-corrected chi connectivity index (χ1v) is 6.36. The largest absolute Gasteiger partial charge is 0.487 e. The standard InChI is InChI=1S/C14H21N3O.HI/c1-4-16-13(15)17-11-9-14(2,3)18-12-8-6-5-7-10(11)12;/h5-8,11H,4,9H2,1-3H3,(H3,15,16,17);1H. The molecule has 1 heterocycles. The average molecular weight is 375 g/mol. The highest BCUT2D eigenvalue weighted by molar-refractivity contribution is 14.0. The van der Waals surface area contributed by atoms with E-state index in [1.165, 1.54) is 0 Å². The van der Waals surface area contributed by atoms with E-state index in [9.17, 15) is 0 Å². The highest BCUT2D eigenvalue weighted by atomic mass is 127. The fourth-order valence-corrected chi connectivity index (χ4v) is 2.33. The lowest BCUT2D eigenvalue weighted by Gasteiger charge is -2.38. The second kappa shape index (κ2) is 6.45. The number of rotatable bonds is 2. The molecule has 0 fully saturated rings. The zero-order valence-corrected chi connectivity index (χ0v) is 14.0. The smallest absolute Gasteiger partial charge is 0.189 e. The van der Waals surface area contributed by atoms with Crippen LogP contribution in [0.25, 0.3) is 0 Å². The molecule has 0 saturated carbocycles. The Morgan fingerprint density at radius 3 is 2.84 bits per heavy atom. The molecule has 0 aromatic heterocycles. The van der Waals surface area contributed by atoms with Gasteiger partial charge in [0.1, 0.15) is 11.4 Å². The number of guanidine groups is 1. The summed E-state index contributed by atoms with van der Waals surface area (Å²) in [5.74, 6) is 1.42. The summed E-state index contributed by atoms with van der Waals surface area (Å²) in [5.41, 5.74) is 6.81. The molecule has 1 aromatic rings. The number of hydrogen-bond donors (Lipinski definition) is 2. The highest BCUT2D eigenvalue weighted by Gasteiger charge is 2.33. The highest BCUT2D eigenvalue weighted by Crippen LogP contribution is 2.38. The molecule has 1 aromatic carbocycles. The first-order valence-electron chi connectivity index (χ1n) is 6.36. The van der Waals surface area contributed by atoms with Gasteiger partial charge < -0.3 is 15.8 Å². The lowest BCUT2D eigenvalue weighted by molar-refractivity contribution is 0.0695. The fraction of sp³-hybridized carbons (Fsp3) is 0.500. The first-order chi connectivity index (χ1) is 8.52. The Kier molecular flexibility index (Phi) is 5.46. The molecule has 1 unspecified atom stereocenters. The maximum absolute atomic E-state index is 5.97. The fourth-order valence-electron chi connectivity index (χ4n) is 2.33. The summed E-state index contributed by atoms with van der Waals surface area (Å²) < 4.78 is 5.97. The Balaban J connectivity index is 0.00000180. The van der Waals surface area contributed by atoms with Crippen LogP contribution in [-0.2, 0) is 0 Å². The molecule has 1 aliphatic heterocycles. The van der Waals surface area contributed by atoms with Crippen LogP contribution in [0.2, 0.25) is 0 Å². The maximum atomic E-state index is 5.97. The van der Waals surface area contributed by atoms with E-state index in [1.807, 2.05) is 25.1 Å². The molecule has 0 spiro atoms. The van der Waals surface area contributed by atoms with Gasteiger partial charge in [-0.05, 0) is 26.8 Å². The number of halogens is 1. The minimum Gasteiger partial charge on any atom is -0.487 e. The quantitative estimate of drug-likeness (QED) is 0.475. The van der Waals surface area contributed by atoms with Crippen LogP contribution < -0.4 is 15.8 Å². The molecule has 19 heavy (non-hydrogen) atoms. The normalized spacial score (nSPS) is 20.8. The van der Waals surface area contributed by atoms with E-state index in [4.69, 9.17) is 10.5 Å². The summed E-state index contributed by atoms with van der Waals surface area (Å²) in [7, 11) is 0. The van der Waals surface area contributed by atoms with Crippen LogP contribution in [0.15, 0.2) is 29.3 Å². The van der Waals surface area contributed by atoms with Crippen molar-refractivity contribution in [3.8, 4) is 5.75 Å². The minimum atomic E-state index is -0.196. The molecular weight excluding hydrogens is 353 g/mol. The number of nitrogens with zero attached hydrogens (tertiary/aromatic N) is 1. The average Bonchev–Trinajstić information content (AvgIpc) is 2.27. The molecule has 0 saturated heterocycles. The van der Waals surface area contributed by atoms with Crippen molar-refractivity contribution >= 4 is 29.9 Å². The molecule has 0 amide bonds. The van der Waals surface area contributed by atoms with E-state index >= 15 is 0 Å². The van der Waals surface area contributed by atoms with Crippen LogP contribution in [-0.4, -0.2) is 18.1 Å². The second-order valence-electron chi connectivity index (χ2n) is 5.16. The van der Waals surface area contributed by atoms with Gasteiger partial charge in [0, 0.05) is 18.5 Å². The summed E-state index contributed by atoms with van der Waals surface area (Å²) in [6, 6.07) is 8.23. The van der Waals surface area contributed by atoms with Crippen LogP contribution in [0.4, 0.5) is 0 Å². The van der Waals surface area contributed by atoms with Crippen molar-refractivity contribution in [2.75, 3.05) is 6.54 Å². The molecule has 1 atom stereocenters. The molecule has 0 aliphatic carbocycles. The third-order valence-corrected chi connectivity index (χ3v) is 3.03. The van der Waals surface area contributed by atoms with E-state index in [0.717, 1.165) is 17.7 Å². The van der Waals surface area contributed by atoms with Crippen molar-refractivity contribution in [2.45, 2.75) is 38.8 Å². The second-order valence-corrected chi connectivity index (χ2v) is 5.16. The third-order valence-electron chi connectivity index (χ3n) is 3.03. The number of nitrogens with two attached hydrogens (primary N) is 1. The van der Waals surface area contributed by atoms with Gasteiger partial charge in [-0.3, -0.25) is 4.99 Å². The van der Waals surface area contributed by atoms with Crippen LogP contribution in [0.5, 0.6) is 5.75 Å². The van der Waals surface area contributed by atoms with Gasteiger partial charge >= 0.3 is 0 Å². The van der Waals surface area contributed by atoms with Crippen molar-refractivity contribution in [1.82, 2.24) is 5.32 Å². The maximum Gasteiger partial charge on any atom is 0.189 e. The summed E-state index contributed by atoms with van der Waals surface area (Å²) in [6.45, 7) is 6.83. The van der Waals surface area contributed by atoms with E-state index in [-0.39, 0.29) is 35.6 Å². The summed E-state index contributed by atoms with van der Waals surface area (Å²) in [5, 5.41) is 3.28. The van der Waals surface area contributed by atoms with Gasteiger partial charge in [-0.15, -0.1) is 24.0 Å². The van der Waals surface area contributed by atoms with E-state index in [1.54, 1.807) is 0 Å². The van der Waals surface area contributed by atoms with Gasteiger partial charge in [0.25, 0.3) is 0 Å². The number of aliphatic imine (C=N–C) groups is 1. The lowest BCUT2D eigenvalue weighted by Crippen LogP contribution is -2.43. The monoisotopic (exact) mass is 375 g/mol. The number of nitrogens with one attached hydrogen (secondary N) is 1. The van der Waals surface area contributed by atoms with Gasteiger partial charge in [0.15, 0.2) is 5.96 Å². The van der Waals surface area contributed by atoms with E-state index in [0.29, 0.717) is 12.5 Å². The molecule has 0 radical (unpaired) electrons. The van der Waals surface area contributed by atoms with Crippen LogP contribution in [0.3, 0.4) is 0 Å². The molecule has 3 N–H and O–H groups in total. The Morgan fingerprint density at radius 1 is 1.47 bits per heavy atom. The van der Waals surface area contributed by atoms with Crippen molar-refractivity contribution in [3.05, 3.63) is 29.8 Å². The van der Waals surface area contributed by atoms with Gasteiger partial charge in [-0.1, -0.05) is 18.2 Å². The zero-order chi connectivity index (χ0) is 13.2. The summed E-state index contributed by atoms with van der Waals surface area (Å²) in [6.07, 6.45) is 0.865. The van der Waals surface area contributed by atoms with Crippen molar-refractivity contribution in [3.63, 3.8) is 0 Å². The number of fused-ring (bicyclic) bond motifs is 1. The number of para-hydroxylation sites is 1. The van der Waals surface area contributed by atoms with Crippen LogP contribution in [0, 0.1) is 0 Å². The van der Waals surface area contributed by atoms with Gasteiger partial charge in [0.05, 0.1) is 6.04 Å².